The Labute approximate surface area is 178 Å². The van der Waals surface area contributed by atoms with Gasteiger partial charge in [-0.25, -0.2) is 0 Å². The van der Waals surface area contributed by atoms with Gasteiger partial charge in [0, 0.05) is 75.8 Å². The van der Waals surface area contributed by atoms with Crippen LogP contribution in [0.4, 0.5) is 0 Å². The quantitative estimate of drug-likeness (QED) is 0.578. The van der Waals surface area contributed by atoms with Crippen molar-refractivity contribution in [3.63, 3.8) is 0 Å². The molecule has 0 saturated heterocycles. The van der Waals surface area contributed by atoms with E-state index in [1.165, 1.54) is 0 Å². The number of imidazole rings is 1. The van der Waals surface area contributed by atoms with Gasteiger partial charge in [0.05, 0.1) is 12.4 Å². The molecule has 0 N–H and O–H groups in total. The fraction of sp³-hybridized carbons (Fsp3) is 0.389. The Morgan fingerprint density at radius 3 is 2.50 bits per heavy atom. The van der Waals surface area contributed by atoms with Gasteiger partial charge in [0.25, 0.3) is 0 Å². The summed E-state index contributed by atoms with van der Waals surface area (Å²) in [4.78, 5) is 30.4. The van der Waals surface area contributed by atoms with Crippen molar-refractivity contribution in [3.05, 3.63) is 47.0 Å². The third kappa shape index (κ3) is 5.30. The van der Waals surface area contributed by atoms with Crippen molar-refractivity contribution in [3.8, 4) is 11.4 Å². The van der Waals surface area contributed by atoms with Crippen LogP contribution in [-0.4, -0.2) is 40.3 Å². The van der Waals surface area contributed by atoms with Gasteiger partial charge in [0.2, 0.25) is 5.69 Å². The van der Waals surface area contributed by atoms with E-state index in [9.17, 15) is 4.79 Å². The van der Waals surface area contributed by atoms with E-state index >= 15 is 0 Å². The number of fused-ring (bicyclic) bond motifs is 1. The van der Waals surface area contributed by atoms with Crippen LogP contribution in [0.2, 0.25) is 0 Å². The first kappa shape index (κ1) is 22.6. The zero-order chi connectivity index (χ0) is 18.4. The van der Waals surface area contributed by atoms with Crippen LogP contribution in [0.3, 0.4) is 0 Å². The maximum absolute atomic E-state index is 12.2. The van der Waals surface area contributed by atoms with Crippen molar-refractivity contribution in [2.45, 2.75) is 26.8 Å². The van der Waals surface area contributed by atoms with Gasteiger partial charge in [-0.15, -0.1) is 0 Å². The van der Waals surface area contributed by atoms with Crippen molar-refractivity contribution in [1.82, 2.24) is 24.6 Å². The minimum absolute atomic E-state index is 0. The summed E-state index contributed by atoms with van der Waals surface area (Å²) in [5.74, 6) is 0.556. The first-order valence-electron chi connectivity index (χ1n) is 8.34. The van der Waals surface area contributed by atoms with Crippen LogP contribution in [0.25, 0.3) is 22.6 Å². The van der Waals surface area contributed by atoms with Crippen molar-refractivity contribution < 1.29 is 37.5 Å². The number of hydrogen-bond acceptors (Lipinski definition) is 5. The topological polar surface area (TPSA) is 74.3 Å². The first-order valence-corrected chi connectivity index (χ1v) is 8.34. The van der Waals surface area contributed by atoms with E-state index in [0.29, 0.717) is 23.6 Å². The van der Waals surface area contributed by atoms with Crippen LogP contribution in [0.1, 0.15) is 26.8 Å². The second-order valence-electron chi connectivity index (χ2n) is 5.49. The molecule has 0 aliphatic carbocycles. The van der Waals surface area contributed by atoms with E-state index in [4.69, 9.17) is 4.84 Å². The van der Waals surface area contributed by atoms with Gasteiger partial charge in [-0.1, -0.05) is 51.1 Å². The number of hydroxylamine groups is 2. The van der Waals surface area contributed by atoms with E-state index in [1.807, 2.05) is 51.1 Å². The molecule has 1 unspecified atom stereocenters. The zero-order valence-electron chi connectivity index (χ0n) is 15.9. The molecule has 0 aliphatic rings. The summed E-state index contributed by atoms with van der Waals surface area (Å²) < 4.78 is 1.56. The summed E-state index contributed by atoms with van der Waals surface area (Å²) in [7, 11) is 3.60. The molecule has 1 radical (unpaired) electrons. The average Bonchev–Trinajstić information content (AvgIpc) is 2.97. The standard InChI is InChI=1S/C16H19N5O2.C2H6.Y/c1-11(10-23-20(2)3)21-13-9-17-14(12-7-5-4-6-8-12)18-15(13)19-16(21)22;1-2;/h4-9,11H,10H2,1-3H3,(H,17,18,19,22);1-2H3;/p-1. The third-order valence-corrected chi connectivity index (χ3v) is 3.46. The number of nitrogens with zero attached hydrogens (tertiary/aromatic N) is 5. The molecule has 3 aromatic rings. The Balaban J connectivity index is 0.00000109. The van der Waals surface area contributed by atoms with Gasteiger partial charge in [0.1, 0.15) is 0 Å². The number of aromatic nitrogens is 4. The van der Waals surface area contributed by atoms with Gasteiger partial charge in [-0.2, -0.15) is 5.06 Å². The molecule has 2 heterocycles. The molecular formula is C18H24N5O2Y-. The Morgan fingerprint density at radius 1 is 1.23 bits per heavy atom. The fourth-order valence-corrected chi connectivity index (χ4v) is 2.35. The number of benzene rings is 1. The minimum Gasteiger partial charge on any atom is -0.359 e. The van der Waals surface area contributed by atoms with E-state index in [1.54, 1.807) is 29.9 Å². The molecule has 8 heteroatoms. The van der Waals surface area contributed by atoms with E-state index in [-0.39, 0.29) is 44.4 Å². The normalized spacial score (nSPS) is 11.6. The predicted octanol–water partition coefficient (Wildman–Crippen LogP) is 2.49. The fourth-order valence-electron chi connectivity index (χ4n) is 2.35. The molecular weight excluding hydrogens is 407 g/mol. The van der Waals surface area contributed by atoms with Crippen LogP contribution in [-0.2, 0) is 37.5 Å². The first-order chi connectivity index (χ1) is 12.1. The summed E-state index contributed by atoms with van der Waals surface area (Å²) in [6.45, 7) is 6.27. The van der Waals surface area contributed by atoms with Crippen molar-refractivity contribution >= 4 is 11.2 Å². The molecule has 3 rings (SSSR count). The molecule has 0 spiro atoms. The average molecular weight is 431 g/mol. The smallest absolute Gasteiger partial charge is 0.223 e. The van der Waals surface area contributed by atoms with Crippen LogP contribution in [0, 0.1) is 0 Å². The largest absolute Gasteiger partial charge is 0.359 e. The van der Waals surface area contributed by atoms with E-state index < -0.39 is 0 Å². The molecule has 137 valence electrons. The van der Waals surface area contributed by atoms with E-state index in [2.05, 4.69) is 15.0 Å². The molecule has 1 aromatic carbocycles. The molecule has 26 heavy (non-hydrogen) atoms. The Hall–Kier alpha value is -1.41. The molecule has 0 fully saturated rings. The summed E-state index contributed by atoms with van der Waals surface area (Å²) in [6.07, 6.45) is 1.64. The zero-order valence-corrected chi connectivity index (χ0v) is 18.7. The SMILES string of the molecule is CC.CC(CON(C)C)n1c(=O)[n-]c2nc(-c3ccccc3)ncc21.[Y]. The molecule has 0 amide bonds. The summed E-state index contributed by atoms with van der Waals surface area (Å²) >= 11 is 0. The molecule has 1 atom stereocenters. The molecule has 0 saturated carbocycles. The predicted molar refractivity (Wildman–Crippen MR) is 98.3 cm³/mol. The van der Waals surface area contributed by atoms with Crippen LogP contribution >= 0.6 is 0 Å². The number of hydrogen-bond donors (Lipinski definition) is 0. The molecule has 0 aliphatic heterocycles. The summed E-state index contributed by atoms with van der Waals surface area (Å²) in [5.41, 5.74) is 1.57. The maximum atomic E-state index is 12.2. The monoisotopic (exact) mass is 431 g/mol. The van der Waals surface area contributed by atoms with E-state index in [0.717, 1.165) is 5.56 Å². The van der Waals surface area contributed by atoms with Gasteiger partial charge < -0.3 is 14.5 Å². The number of rotatable bonds is 5. The van der Waals surface area contributed by atoms with Crippen LogP contribution in [0.15, 0.2) is 41.3 Å². The van der Waals surface area contributed by atoms with Gasteiger partial charge in [-0.3, -0.25) is 14.6 Å². The maximum Gasteiger partial charge on any atom is 0.223 e. The third-order valence-electron chi connectivity index (χ3n) is 3.46. The van der Waals surface area contributed by atoms with Gasteiger partial charge in [-0.05, 0) is 0 Å². The second-order valence-corrected chi connectivity index (χ2v) is 5.49. The summed E-state index contributed by atoms with van der Waals surface area (Å²) in [5, 5.41) is 1.60. The second kappa shape index (κ2) is 10.7. The molecule has 2 aromatic heterocycles. The minimum atomic E-state index is -0.339. The molecule has 7 nitrogen and oxygen atoms in total. The van der Waals surface area contributed by atoms with Gasteiger partial charge >= 0.3 is 0 Å². The van der Waals surface area contributed by atoms with Crippen LogP contribution in [0.5, 0.6) is 0 Å². The van der Waals surface area contributed by atoms with Crippen molar-refractivity contribution in [2.75, 3.05) is 20.7 Å². The molecule has 0 bridgehead atoms. The van der Waals surface area contributed by atoms with Crippen molar-refractivity contribution in [1.29, 1.82) is 0 Å². The Morgan fingerprint density at radius 2 is 1.88 bits per heavy atom. The van der Waals surface area contributed by atoms with Gasteiger partial charge in [0.15, 0.2) is 0 Å². The van der Waals surface area contributed by atoms with Crippen LogP contribution < -0.4 is 10.7 Å². The Bertz CT molecular complexity index is 861. The summed E-state index contributed by atoms with van der Waals surface area (Å²) in [6, 6.07) is 9.44. The Kier molecular flexibility index (Phi) is 9.29. The van der Waals surface area contributed by atoms with Crippen molar-refractivity contribution in [2.24, 2.45) is 0 Å².